The highest BCUT2D eigenvalue weighted by Gasteiger charge is 2.34. The Morgan fingerprint density at radius 1 is 0.931 bits per heavy atom. The molecule has 0 bridgehead atoms. The molecule has 1 aliphatic heterocycles. The fourth-order valence-corrected chi connectivity index (χ4v) is 6.54. The fraction of sp³-hybridized carbons (Fsp3) is 0.773. The molecule has 1 aliphatic carbocycles. The van der Waals surface area contributed by atoms with Crippen molar-refractivity contribution in [3.63, 3.8) is 0 Å². The van der Waals surface area contributed by atoms with E-state index in [0.717, 1.165) is 44.2 Å². The van der Waals surface area contributed by atoms with Crippen LogP contribution in [-0.4, -0.2) is 42.9 Å². The maximum Gasteiger partial charge on any atom is 0.257 e. The van der Waals surface area contributed by atoms with Crippen LogP contribution in [-0.2, 0) is 17.1 Å². The molecule has 1 amide bonds. The van der Waals surface area contributed by atoms with Crippen LogP contribution in [0.3, 0.4) is 0 Å². The topological polar surface area (TPSA) is 71.4 Å². The molecule has 29 heavy (non-hydrogen) atoms. The van der Waals surface area contributed by atoms with Gasteiger partial charge < -0.3 is 9.47 Å². The SMILES string of the molecule is Cc1c(C(=O)N2CCC(C)CC2)c(S(=O)(=O)NC2CCCCCCC2)c(C)n1C. The number of hydrogen-bond donors (Lipinski definition) is 1. The van der Waals surface area contributed by atoms with E-state index in [1.54, 1.807) is 6.92 Å². The van der Waals surface area contributed by atoms with Gasteiger partial charge in [0.1, 0.15) is 4.90 Å². The van der Waals surface area contributed by atoms with Gasteiger partial charge in [-0.15, -0.1) is 0 Å². The fourth-order valence-electron chi connectivity index (χ4n) is 4.72. The van der Waals surface area contributed by atoms with E-state index in [1.165, 1.54) is 19.3 Å². The number of amides is 1. The smallest absolute Gasteiger partial charge is 0.257 e. The van der Waals surface area contributed by atoms with Gasteiger partial charge in [-0.25, -0.2) is 13.1 Å². The quantitative estimate of drug-likeness (QED) is 0.798. The summed E-state index contributed by atoms with van der Waals surface area (Å²) in [5.74, 6) is 0.470. The first kappa shape index (κ1) is 22.3. The number of rotatable bonds is 4. The lowest BCUT2D eigenvalue weighted by Gasteiger charge is -2.30. The Kier molecular flexibility index (Phi) is 7.10. The Morgan fingerprint density at radius 3 is 2.07 bits per heavy atom. The van der Waals surface area contributed by atoms with Gasteiger partial charge in [0.15, 0.2) is 0 Å². The van der Waals surface area contributed by atoms with E-state index >= 15 is 0 Å². The Balaban J connectivity index is 1.91. The number of nitrogens with zero attached hydrogens (tertiary/aromatic N) is 2. The Morgan fingerprint density at radius 2 is 1.48 bits per heavy atom. The highest BCUT2D eigenvalue weighted by Crippen LogP contribution is 2.30. The molecule has 6 nitrogen and oxygen atoms in total. The zero-order chi connectivity index (χ0) is 21.2. The Bertz CT molecular complexity index is 828. The summed E-state index contributed by atoms with van der Waals surface area (Å²) in [6.07, 6.45) is 9.36. The van der Waals surface area contributed by atoms with Crippen LogP contribution < -0.4 is 4.72 Å². The van der Waals surface area contributed by atoms with Crippen molar-refractivity contribution in [2.75, 3.05) is 13.1 Å². The predicted molar refractivity (Wildman–Crippen MR) is 116 cm³/mol. The number of hydrogen-bond acceptors (Lipinski definition) is 3. The van der Waals surface area contributed by atoms with E-state index in [2.05, 4.69) is 11.6 Å². The third kappa shape index (κ3) is 4.88. The van der Waals surface area contributed by atoms with Crippen LogP contribution in [0.4, 0.5) is 0 Å². The minimum Gasteiger partial charge on any atom is -0.350 e. The zero-order valence-corrected chi connectivity index (χ0v) is 19.3. The molecule has 0 unspecified atom stereocenters. The van der Waals surface area contributed by atoms with E-state index in [4.69, 9.17) is 0 Å². The lowest BCUT2D eigenvalue weighted by Crippen LogP contribution is -2.40. The maximum absolute atomic E-state index is 13.4. The number of piperidine rings is 1. The molecular formula is C22H37N3O3S. The molecule has 2 heterocycles. The van der Waals surface area contributed by atoms with Crippen LogP contribution in [0.5, 0.6) is 0 Å². The summed E-state index contributed by atoms with van der Waals surface area (Å²) in [6.45, 7) is 7.25. The van der Waals surface area contributed by atoms with Gasteiger partial charge in [-0.2, -0.15) is 0 Å². The number of likely N-dealkylation sites (tertiary alicyclic amines) is 1. The minimum absolute atomic E-state index is 0.0426. The summed E-state index contributed by atoms with van der Waals surface area (Å²) in [5.41, 5.74) is 1.72. The summed E-state index contributed by atoms with van der Waals surface area (Å²) in [4.78, 5) is 15.4. The standard InChI is InChI=1S/C22H37N3O3S/c1-16-12-14-25(15-13-16)22(26)20-17(2)24(4)18(3)21(20)29(27,28)23-19-10-8-6-5-7-9-11-19/h16,19,23H,5-15H2,1-4H3. The molecule has 1 N–H and O–H groups in total. The highest BCUT2D eigenvalue weighted by molar-refractivity contribution is 7.89. The molecule has 164 valence electrons. The molecule has 1 aromatic heterocycles. The van der Waals surface area contributed by atoms with E-state index in [1.807, 2.05) is 23.4 Å². The average molecular weight is 424 g/mol. The van der Waals surface area contributed by atoms with Crippen molar-refractivity contribution in [1.82, 2.24) is 14.2 Å². The van der Waals surface area contributed by atoms with E-state index in [9.17, 15) is 13.2 Å². The summed E-state index contributed by atoms with van der Waals surface area (Å²) < 4.78 is 31.7. The van der Waals surface area contributed by atoms with Crippen molar-refractivity contribution in [3.8, 4) is 0 Å². The average Bonchev–Trinajstić information content (AvgIpc) is 2.88. The van der Waals surface area contributed by atoms with Gasteiger partial charge in [0.25, 0.3) is 5.91 Å². The molecule has 2 aliphatic rings. The molecule has 0 spiro atoms. The largest absolute Gasteiger partial charge is 0.350 e. The molecule has 7 heteroatoms. The molecule has 0 atom stereocenters. The molecule has 1 saturated heterocycles. The number of sulfonamides is 1. The molecule has 1 saturated carbocycles. The van der Waals surface area contributed by atoms with E-state index in [-0.39, 0.29) is 16.8 Å². The maximum atomic E-state index is 13.4. The molecule has 1 aromatic rings. The van der Waals surface area contributed by atoms with Crippen molar-refractivity contribution in [2.45, 2.75) is 89.5 Å². The summed E-state index contributed by atoms with van der Waals surface area (Å²) in [5, 5.41) is 0. The third-order valence-electron chi connectivity index (χ3n) is 6.90. The number of nitrogens with one attached hydrogen (secondary N) is 1. The van der Waals surface area contributed by atoms with Crippen LogP contribution in [0.25, 0.3) is 0 Å². The first-order valence-electron chi connectivity index (χ1n) is 11.2. The number of carbonyl (C=O) groups excluding carboxylic acids is 1. The van der Waals surface area contributed by atoms with Crippen molar-refractivity contribution >= 4 is 15.9 Å². The summed E-state index contributed by atoms with van der Waals surface area (Å²) in [6, 6.07) is -0.0426. The first-order valence-corrected chi connectivity index (χ1v) is 12.7. The van der Waals surface area contributed by atoms with Gasteiger partial charge in [0, 0.05) is 37.6 Å². The van der Waals surface area contributed by atoms with E-state index < -0.39 is 10.0 Å². The molecule has 3 rings (SSSR count). The van der Waals surface area contributed by atoms with Crippen molar-refractivity contribution < 1.29 is 13.2 Å². The van der Waals surface area contributed by atoms with Gasteiger partial charge in [-0.3, -0.25) is 4.79 Å². The predicted octanol–water partition coefficient (Wildman–Crippen LogP) is 3.91. The van der Waals surface area contributed by atoms with Crippen LogP contribution in [0.2, 0.25) is 0 Å². The first-order chi connectivity index (χ1) is 13.7. The van der Waals surface area contributed by atoms with Crippen LogP contribution >= 0.6 is 0 Å². The monoisotopic (exact) mass is 423 g/mol. The number of carbonyl (C=O) groups is 1. The second-order valence-corrected chi connectivity index (χ2v) is 10.7. The van der Waals surface area contributed by atoms with Gasteiger partial charge in [-0.05, 0) is 45.4 Å². The van der Waals surface area contributed by atoms with E-state index in [0.29, 0.717) is 30.3 Å². The lowest BCUT2D eigenvalue weighted by molar-refractivity contribution is 0.0692. The van der Waals surface area contributed by atoms with Gasteiger partial charge in [-0.1, -0.05) is 39.0 Å². The normalized spacial score (nSPS) is 20.5. The lowest BCUT2D eigenvalue weighted by atomic mass is 9.97. The Labute approximate surface area is 176 Å². The van der Waals surface area contributed by atoms with Gasteiger partial charge in [0.05, 0.1) is 5.56 Å². The summed E-state index contributed by atoms with van der Waals surface area (Å²) >= 11 is 0. The van der Waals surface area contributed by atoms with Crippen molar-refractivity contribution in [3.05, 3.63) is 17.0 Å². The van der Waals surface area contributed by atoms with Crippen LogP contribution in [0.1, 0.15) is 86.5 Å². The zero-order valence-electron chi connectivity index (χ0n) is 18.5. The minimum atomic E-state index is -3.76. The second kappa shape index (κ2) is 9.21. The molecule has 2 fully saturated rings. The van der Waals surface area contributed by atoms with Crippen molar-refractivity contribution in [1.29, 1.82) is 0 Å². The summed E-state index contributed by atoms with van der Waals surface area (Å²) in [7, 11) is -1.92. The van der Waals surface area contributed by atoms with Crippen LogP contribution in [0, 0.1) is 19.8 Å². The molecular weight excluding hydrogens is 386 g/mol. The second-order valence-electron chi connectivity index (χ2n) is 9.07. The third-order valence-corrected chi connectivity index (χ3v) is 8.58. The van der Waals surface area contributed by atoms with Gasteiger partial charge >= 0.3 is 0 Å². The number of aromatic nitrogens is 1. The van der Waals surface area contributed by atoms with Crippen LogP contribution in [0.15, 0.2) is 4.90 Å². The van der Waals surface area contributed by atoms with Crippen molar-refractivity contribution in [2.24, 2.45) is 13.0 Å². The highest BCUT2D eigenvalue weighted by atomic mass is 32.2. The Hall–Kier alpha value is -1.34. The van der Waals surface area contributed by atoms with Gasteiger partial charge in [0.2, 0.25) is 10.0 Å². The molecule has 0 aromatic carbocycles. The molecule has 0 radical (unpaired) electrons.